The van der Waals surface area contributed by atoms with E-state index in [4.69, 9.17) is 5.73 Å². The number of hydrogen-bond donors (Lipinski definition) is 2. The Kier molecular flexibility index (Phi) is 6.89. The van der Waals surface area contributed by atoms with Gasteiger partial charge in [-0.05, 0) is 55.7 Å². The lowest BCUT2D eigenvalue weighted by Gasteiger charge is -2.43. The van der Waals surface area contributed by atoms with E-state index in [1.807, 2.05) is 0 Å². The number of nitrogens with one attached hydrogen (secondary N) is 1. The third kappa shape index (κ3) is 4.61. The Balaban J connectivity index is 0.00000208. The number of amides is 1. The molecule has 2 unspecified atom stereocenters. The Labute approximate surface area is 151 Å². The molecular formula is C17H23ClF2N2OS. The van der Waals surface area contributed by atoms with Gasteiger partial charge >= 0.3 is 0 Å². The standard InChI is InChI=1S/C17H22F2N2OS.ClH/c18-17(19)23-14-6-2-5-13(9-14)21-16(22)12-7-10-3-1-4-11(8-12)15(10)20;/h2,5-6,9-12,15,17H,1,3-4,7-8,20H2,(H,21,22);1H. The molecule has 2 fully saturated rings. The van der Waals surface area contributed by atoms with E-state index in [2.05, 4.69) is 5.32 Å². The first-order valence-corrected chi connectivity index (χ1v) is 9.02. The summed E-state index contributed by atoms with van der Waals surface area (Å²) in [6.45, 7) is 0. The minimum absolute atomic E-state index is 0. The van der Waals surface area contributed by atoms with Crippen molar-refractivity contribution in [3.63, 3.8) is 0 Å². The van der Waals surface area contributed by atoms with Crippen LogP contribution in [0.25, 0.3) is 0 Å². The highest BCUT2D eigenvalue weighted by atomic mass is 35.5. The molecule has 3 N–H and O–H groups in total. The SMILES string of the molecule is Cl.NC1C2CCCC1CC(C(=O)Nc1cccc(SC(F)F)c1)C2. The van der Waals surface area contributed by atoms with Gasteiger partial charge in [0.1, 0.15) is 0 Å². The Hall–Kier alpha value is -0.850. The number of thioether (sulfide) groups is 1. The number of alkyl halides is 2. The number of anilines is 1. The first-order valence-electron chi connectivity index (χ1n) is 8.14. The second-order valence-corrected chi connectivity index (χ2v) is 7.66. The Morgan fingerprint density at radius 2 is 1.92 bits per heavy atom. The van der Waals surface area contributed by atoms with Crippen LogP contribution in [-0.2, 0) is 4.79 Å². The summed E-state index contributed by atoms with van der Waals surface area (Å²) in [6, 6.07) is 6.88. The molecule has 24 heavy (non-hydrogen) atoms. The number of halogens is 3. The molecule has 2 saturated carbocycles. The largest absolute Gasteiger partial charge is 0.327 e. The van der Waals surface area contributed by atoms with Gasteiger partial charge < -0.3 is 11.1 Å². The quantitative estimate of drug-likeness (QED) is 0.760. The third-order valence-corrected chi connectivity index (χ3v) is 5.81. The van der Waals surface area contributed by atoms with Crippen LogP contribution in [0.4, 0.5) is 14.5 Å². The van der Waals surface area contributed by atoms with Crippen LogP contribution in [-0.4, -0.2) is 17.7 Å². The highest BCUT2D eigenvalue weighted by Gasteiger charge is 2.40. The van der Waals surface area contributed by atoms with E-state index in [-0.39, 0.29) is 30.3 Å². The lowest BCUT2D eigenvalue weighted by atomic mass is 9.65. The van der Waals surface area contributed by atoms with Crippen molar-refractivity contribution in [3.05, 3.63) is 24.3 Å². The molecule has 0 aliphatic heterocycles. The van der Waals surface area contributed by atoms with Crippen LogP contribution < -0.4 is 11.1 Å². The van der Waals surface area contributed by atoms with Crippen LogP contribution in [0.3, 0.4) is 0 Å². The van der Waals surface area contributed by atoms with Crippen molar-refractivity contribution in [1.29, 1.82) is 0 Å². The monoisotopic (exact) mass is 376 g/mol. The molecule has 0 saturated heterocycles. The summed E-state index contributed by atoms with van der Waals surface area (Å²) in [7, 11) is 0. The van der Waals surface area contributed by atoms with Gasteiger partial charge in [-0.25, -0.2) is 0 Å². The van der Waals surface area contributed by atoms with E-state index < -0.39 is 5.76 Å². The molecule has 1 amide bonds. The molecule has 0 aromatic heterocycles. The molecule has 0 spiro atoms. The molecule has 1 aromatic carbocycles. The summed E-state index contributed by atoms with van der Waals surface area (Å²) in [4.78, 5) is 13.0. The topological polar surface area (TPSA) is 55.1 Å². The lowest BCUT2D eigenvalue weighted by Crippen LogP contribution is -2.48. The molecule has 2 aliphatic carbocycles. The van der Waals surface area contributed by atoms with Crippen molar-refractivity contribution < 1.29 is 13.6 Å². The Bertz CT molecular complexity index is 561. The van der Waals surface area contributed by atoms with Crippen LogP contribution in [0.2, 0.25) is 0 Å². The molecule has 3 rings (SSSR count). The second-order valence-electron chi connectivity index (χ2n) is 6.59. The van der Waals surface area contributed by atoms with E-state index in [0.717, 1.165) is 25.7 Å². The molecule has 3 nitrogen and oxygen atoms in total. The van der Waals surface area contributed by atoms with Gasteiger partial charge in [0.2, 0.25) is 5.91 Å². The van der Waals surface area contributed by atoms with Crippen LogP contribution in [0.5, 0.6) is 0 Å². The zero-order valence-corrected chi connectivity index (χ0v) is 14.9. The zero-order valence-electron chi connectivity index (χ0n) is 13.3. The summed E-state index contributed by atoms with van der Waals surface area (Å²) >= 11 is 0.488. The molecule has 2 atom stereocenters. The van der Waals surface area contributed by atoms with Gasteiger partial charge in [-0.3, -0.25) is 4.79 Å². The summed E-state index contributed by atoms with van der Waals surface area (Å²) in [5.74, 6) is -1.59. The van der Waals surface area contributed by atoms with Crippen molar-refractivity contribution >= 4 is 35.8 Å². The smallest absolute Gasteiger partial charge is 0.288 e. The Morgan fingerprint density at radius 3 is 2.54 bits per heavy atom. The molecule has 134 valence electrons. The van der Waals surface area contributed by atoms with E-state index >= 15 is 0 Å². The maximum absolute atomic E-state index is 12.5. The number of benzene rings is 1. The highest BCUT2D eigenvalue weighted by molar-refractivity contribution is 7.99. The van der Waals surface area contributed by atoms with Crippen molar-refractivity contribution in [2.24, 2.45) is 23.5 Å². The normalized spacial score (nSPS) is 29.0. The van der Waals surface area contributed by atoms with Crippen molar-refractivity contribution in [2.75, 3.05) is 5.32 Å². The summed E-state index contributed by atoms with van der Waals surface area (Å²) in [6.07, 6.45) is 5.12. The predicted octanol–water partition coefficient (Wildman–Crippen LogP) is 4.52. The van der Waals surface area contributed by atoms with E-state index in [9.17, 15) is 13.6 Å². The van der Waals surface area contributed by atoms with Crippen LogP contribution >= 0.6 is 24.2 Å². The van der Waals surface area contributed by atoms with E-state index in [0.29, 0.717) is 34.2 Å². The number of carbonyl (C=O) groups excluding carboxylic acids is 1. The molecule has 2 bridgehead atoms. The fourth-order valence-electron chi connectivity index (χ4n) is 4.00. The van der Waals surface area contributed by atoms with Gasteiger partial charge in [-0.15, -0.1) is 12.4 Å². The molecule has 1 aromatic rings. The van der Waals surface area contributed by atoms with Gasteiger partial charge in [-0.1, -0.05) is 24.2 Å². The fraction of sp³-hybridized carbons (Fsp3) is 0.588. The number of rotatable bonds is 4. The third-order valence-electron chi connectivity index (χ3n) is 5.11. The summed E-state index contributed by atoms with van der Waals surface area (Å²) < 4.78 is 24.9. The molecular weight excluding hydrogens is 354 g/mol. The average molecular weight is 377 g/mol. The minimum atomic E-state index is -2.46. The van der Waals surface area contributed by atoms with Gasteiger partial charge in [0.15, 0.2) is 0 Å². The van der Waals surface area contributed by atoms with Crippen LogP contribution in [0, 0.1) is 17.8 Å². The predicted molar refractivity (Wildman–Crippen MR) is 95.7 cm³/mol. The number of fused-ring (bicyclic) bond motifs is 2. The van der Waals surface area contributed by atoms with Crippen LogP contribution in [0.15, 0.2) is 29.2 Å². The van der Waals surface area contributed by atoms with Gasteiger partial charge in [-0.2, -0.15) is 8.78 Å². The first kappa shape index (κ1) is 19.5. The van der Waals surface area contributed by atoms with Crippen molar-refractivity contribution in [1.82, 2.24) is 0 Å². The minimum Gasteiger partial charge on any atom is -0.327 e. The zero-order chi connectivity index (χ0) is 16.4. The average Bonchev–Trinajstić information content (AvgIpc) is 2.46. The fourth-order valence-corrected chi connectivity index (χ4v) is 4.56. The van der Waals surface area contributed by atoms with Crippen molar-refractivity contribution in [3.8, 4) is 0 Å². The summed E-state index contributed by atoms with van der Waals surface area (Å²) in [5.41, 5.74) is 6.84. The maximum atomic E-state index is 12.5. The van der Waals surface area contributed by atoms with Crippen LogP contribution in [0.1, 0.15) is 32.1 Å². The second kappa shape index (κ2) is 8.50. The Morgan fingerprint density at radius 1 is 1.25 bits per heavy atom. The number of carbonyl (C=O) groups is 1. The number of nitrogens with two attached hydrogens (primary N) is 1. The van der Waals surface area contributed by atoms with Gasteiger partial charge in [0.25, 0.3) is 5.76 Å². The molecule has 0 heterocycles. The van der Waals surface area contributed by atoms with E-state index in [1.165, 1.54) is 6.42 Å². The first-order chi connectivity index (χ1) is 11.0. The highest BCUT2D eigenvalue weighted by Crippen LogP contribution is 2.42. The summed E-state index contributed by atoms with van der Waals surface area (Å²) in [5, 5.41) is 2.89. The van der Waals surface area contributed by atoms with Gasteiger partial charge in [0, 0.05) is 22.5 Å². The molecule has 2 aliphatic rings. The maximum Gasteiger partial charge on any atom is 0.288 e. The van der Waals surface area contributed by atoms with Gasteiger partial charge in [0.05, 0.1) is 0 Å². The molecule has 0 radical (unpaired) electrons. The lowest BCUT2D eigenvalue weighted by molar-refractivity contribution is -0.122. The van der Waals surface area contributed by atoms with E-state index in [1.54, 1.807) is 24.3 Å². The number of hydrogen-bond acceptors (Lipinski definition) is 3. The van der Waals surface area contributed by atoms with Crippen molar-refractivity contribution in [2.45, 2.75) is 48.8 Å². The molecule has 7 heteroatoms.